The van der Waals surface area contributed by atoms with E-state index in [0.29, 0.717) is 12.2 Å². The summed E-state index contributed by atoms with van der Waals surface area (Å²) in [6, 6.07) is 0. The van der Waals surface area contributed by atoms with Gasteiger partial charge in [0.1, 0.15) is 5.78 Å². The molecule has 1 N–H and O–H groups in total. The van der Waals surface area contributed by atoms with Crippen molar-refractivity contribution < 1.29 is 9.90 Å². The number of carbonyl (C=O) groups excluding carboxylic acids is 1. The molecule has 2 fully saturated rings. The van der Waals surface area contributed by atoms with Crippen LogP contribution in [0.1, 0.15) is 51.4 Å². The molecule has 2 rings (SSSR count). The van der Waals surface area contributed by atoms with Crippen LogP contribution >= 0.6 is 0 Å². The van der Waals surface area contributed by atoms with Crippen LogP contribution in [-0.4, -0.2) is 17.0 Å². The highest BCUT2D eigenvalue weighted by molar-refractivity contribution is 5.86. The van der Waals surface area contributed by atoms with E-state index < -0.39 is 0 Å². The summed E-state index contributed by atoms with van der Waals surface area (Å²) in [5, 5.41) is 9.93. The van der Waals surface area contributed by atoms with Gasteiger partial charge in [0.05, 0.1) is 11.5 Å². The molecular weight excluding hydrogens is 164 g/mol. The van der Waals surface area contributed by atoms with Gasteiger partial charge in [0, 0.05) is 6.42 Å². The van der Waals surface area contributed by atoms with Gasteiger partial charge in [-0.3, -0.25) is 4.79 Å². The molecule has 0 radical (unpaired) electrons. The normalized spacial score (nSPS) is 41.0. The smallest absolute Gasteiger partial charge is 0.141 e. The van der Waals surface area contributed by atoms with Crippen molar-refractivity contribution in [3.63, 3.8) is 0 Å². The minimum atomic E-state index is -0.339. The summed E-state index contributed by atoms with van der Waals surface area (Å²) in [7, 11) is 0. The molecule has 13 heavy (non-hydrogen) atoms. The molecule has 0 aromatic heterocycles. The molecular formula is C11H18O2. The van der Waals surface area contributed by atoms with Gasteiger partial charge in [-0.25, -0.2) is 0 Å². The predicted molar refractivity (Wildman–Crippen MR) is 50.4 cm³/mol. The van der Waals surface area contributed by atoms with Crippen molar-refractivity contribution in [2.75, 3.05) is 0 Å². The summed E-state index contributed by atoms with van der Waals surface area (Å²) in [5.74, 6) is 0.339. The molecule has 0 bridgehead atoms. The quantitative estimate of drug-likeness (QED) is 0.622. The van der Waals surface area contributed by atoms with Gasteiger partial charge in [0.2, 0.25) is 0 Å². The largest absolute Gasteiger partial charge is 0.392 e. The highest BCUT2D eigenvalue weighted by atomic mass is 16.3. The zero-order valence-corrected chi connectivity index (χ0v) is 8.09. The first-order valence-corrected chi connectivity index (χ1v) is 5.47. The average Bonchev–Trinajstić information content (AvgIpc) is 2.15. The minimum Gasteiger partial charge on any atom is -0.392 e. The van der Waals surface area contributed by atoms with Crippen LogP contribution in [0.2, 0.25) is 0 Å². The molecule has 0 saturated heterocycles. The van der Waals surface area contributed by atoms with E-state index in [-0.39, 0.29) is 11.5 Å². The number of aliphatic hydroxyl groups is 1. The lowest BCUT2D eigenvalue weighted by Gasteiger charge is -2.42. The van der Waals surface area contributed by atoms with Gasteiger partial charge >= 0.3 is 0 Å². The van der Waals surface area contributed by atoms with Gasteiger partial charge < -0.3 is 5.11 Å². The Morgan fingerprint density at radius 2 is 1.85 bits per heavy atom. The third-order valence-electron chi connectivity index (χ3n) is 3.82. The summed E-state index contributed by atoms with van der Waals surface area (Å²) < 4.78 is 0. The van der Waals surface area contributed by atoms with Crippen LogP contribution in [0.4, 0.5) is 0 Å². The molecule has 2 saturated carbocycles. The number of ketones is 1. The van der Waals surface area contributed by atoms with E-state index in [9.17, 15) is 9.90 Å². The van der Waals surface area contributed by atoms with E-state index in [4.69, 9.17) is 0 Å². The van der Waals surface area contributed by atoms with Crippen molar-refractivity contribution in [1.29, 1.82) is 0 Å². The summed E-state index contributed by atoms with van der Waals surface area (Å²) in [6.45, 7) is 0. The maximum absolute atomic E-state index is 11.8. The maximum atomic E-state index is 11.8. The van der Waals surface area contributed by atoms with Gasteiger partial charge in [-0.15, -0.1) is 0 Å². The third kappa shape index (κ3) is 1.41. The minimum absolute atomic E-state index is 0.309. The van der Waals surface area contributed by atoms with E-state index in [1.807, 2.05) is 0 Å². The molecule has 2 heteroatoms. The van der Waals surface area contributed by atoms with Gasteiger partial charge in [-0.1, -0.05) is 19.3 Å². The van der Waals surface area contributed by atoms with Gasteiger partial charge in [0.25, 0.3) is 0 Å². The Balaban J connectivity index is 2.18. The first kappa shape index (κ1) is 9.20. The second-order valence-corrected chi connectivity index (χ2v) is 4.55. The fourth-order valence-corrected chi connectivity index (χ4v) is 2.95. The van der Waals surface area contributed by atoms with Crippen molar-refractivity contribution in [3.8, 4) is 0 Å². The number of hydrogen-bond acceptors (Lipinski definition) is 2. The second-order valence-electron chi connectivity index (χ2n) is 4.55. The second kappa shape index (κ2) is 3.41. The number of Topliss-reactive ketones (excluding diaryl/α,β-unsaturated/α-hetero) is 1. The molecule has 0 aliphatic heterocycles. The molecule has 0 heterocycles. The zero-order valence-electron chi connectivity index (χ0n) is 8.09. The van der Waals surface area contributed by atoms with E-state index in [2.05, 4.69) is 0 Å². The Kier molecular flexibility index (Phi) is 2.41. The monoisotopic (exact) mass is 182 g/mol. The Morgan fingerprint density at radius 1 is 1.15 bits per heavy atom. The van der Waals surface area contributed by atoms with Crippen LogP contribution < -0.4 is 0 Å². The molecule has 2 atom stereocenters. The van der Waals surface area contributed by atoms with Crippen molar-refractivity contribution in [3.05, 3.63) is 0 Å². The van der Waals surface area contributed by atoms with E-state index in [1.54, 1.807) is 0 Å². The topological polar surface area (TPSA) is 37.3 Å². The average molecular weight is 182 g/mol. The van der Waals surface area contributed by atoms with E-state index in [0.717, 1.165) is 44.9 Å². The molecule has 2 aliphatic carbocycles. The van der Waals surface area contributed by atoms with Crippen molar-refractivity contribution in [2.45, 2.75) is 57.5 Å². The highest BCUT2D eigenvalue weighted by Gasteiger charge is 2.46. The van der Waals surface area contributed by atoms with Crippen molar-refractivity contribution >= 4 is 5.78 Å². The van der Waals surface area contributed by atoms with Gasteiger partial charge in [0.15, 0.2) is 0 Å². The predicted octanol–water partition coefficient (Wildman–Crippen LogP) is 2.05. The molecule has 0 aromatic carbocycles. The van der Waals surface area contributed by atoms with Crippen molar-refractivity contribution in [2.24, 2.45) is 5.41 Å². The van der Waals surface area contributed by atoms with E-state index >= 15 is 0 Å². The number of rotatable bonds is 0. The van der Waals surface area contributed by atoms with Crippen LogP contribution in [-0.2, 0) is 4.79 Å². The van der Waals surface area contributed by atoms with Crippen LogP contribution in [0.15, 0.2) is 0 Å². The molecule has 2 nitrogen and oxygen atoms in total. The molecule has 0 amide bonds. The lowest BCUT2D eigenvalue weighted by atomic mass is 9.63. The summed E-state index contributed by atoms with van der Waals surface area (Å²) in [6.07, 6.45) is 7.46. The van der Waals surface area contributed by atoms with Crippen molar-refractivity contribution in [1.82, 2.24) is 0 Å². The fraction of sp³-hybridized carbons (Fsp3) is 0.909. The van der Waals surface area contributed by atoms with Crippen LogP contribution in [0, 0.1) is 5.41 Å². The number of hydrogen-bond donors (Lipinski definition) is 1. The summed E-state index contributed by atoms with van der Waals surface area (Å²) in [5.41, 5.74) is -0.309. The third-order valence-corrected chi connectivity index (χ3v) is 3.82. The molecule has 1 spiro atoms. The summed E-state index contributed by atoms with van der Waals surface area (Å²) in [4.78, 5) is 11.8. The number of carbonyl (C=O) groups is 1. The Morgan fingerprint density at radius 3 is 2.54 bits per heavy atom. The Labute approximate surface area is 79.3 Å². The molecule has 74 valence electrons. The zero-order chi connectivity index (χ0) is 9.31. The SMILES string of the molecule is O=C1CCCCC12CCCC[C@@H]2O. The lowest BCUT2D eigenvalue weighted by Crippen LogP contribution is -2.46. The van der Waals surface area contributed by atoms with Gasteiger partial charge in [-0.05, 0) is 25.7 Å². The fourth-order valence-electron chi connectivity index (χ4n) is 2.95. The Hall–Kier alpha value is -0.370. The highest BCUT2D eigenvalue weighted by Crippen LogP contribution is 2.45. The molecule has 1 unspecified atom stereocenters. The first-order valence-electron chi connectivity index (χ1n) is 5.47. The van der Waals surface area contributed by atoms with Crippen LogP contribution in [0.25, 0.3) is 0 Å². The van der Waals surface area contributed by atoms with Gasteiger partial charge in [-0.2, -0.15) is 0 Å². The Bertz CT molecular complexity index is 206. The molecule has 0 aromatic rings. The maximum Gasteiger partial charge on any atom is 0.141 e. The first-order chi connectivity index (χ1) is 6.26. The van der Waals surface area contributed by atoms with E-state index in [1.165, 1.54) is 0 Å². The molecule has 2 aliphatic rings. The summed E-state index contributed by atoms with van der Waals surface area (Å²) >= 11 is 0. The standard InChI is InChI=1S/C11H18O2/c12-9-5-1-3-7-11(9)8-4-2-6-10(11)13/h9,12H,1-8H2/t9-,11?/m0/s1. The van der Waals surface area contributed by atoms with Crippen LogP contribution in [0.3, 0.4) is 0 Å². The lowest BCUT2D eigenvalue weighted by molar-refractivity contribution is -0.143. The number of aliphatic hydroxyl groups excluding tert-OH is 1. The van der Waals surface area contributed by atoms with Crippen LogP contribution in [0.5, 0.6) is 0 Å².